The van der Waals surface area contributed by atoms with Crippen LogP contribution in [0.5, 0.6) is 0 Å². The molecule has 0 unspecified atom stereocenters. The van der Waals surface area contributed by atoms with Gasteiger partial charge in [0.05, 0.1) is 5.69 Å². The van der Waals surface area contributed by atoms with Gasteiger partial charge in [-0.1, -0.05) is 6.92 Å². The van der Waals surface area contributed by atoms with Crippen LogP contribution in [-0.4, -0.2) is 28.4 Å². The normalized spacial score (nSPS) is 11.9. The molecule has 0 saturated carbocycles. The molecule has 0 fully saturated rings. The lowest BCUT2D eigenvalue weighted by atomic mass is 10.3. The minimum Gasteiger partial charge on any atom is -0.346 e. The second-order valence-corrected chi connectivity index (χ2v) is 4.98. The van der Waals surface area contributed by atoms with E-state index in [0.29, 0.717) is 0 Å². The first-order valence-electron chi connectivity index (χ1n) is 5.04. The topological polar surface area (TPSA) is 83.0 Å². The number of H-pyrrole nitrogens is 1. The number of aromatic amines is 1. The lowest BCUT2D eigenvalue weighted by Crippen LogP contribution is -2.21. The van der Waals surface area contributed by atoms with Crippen LogP contribution >= 0.6 is 0 Å². The number of halogens is 3. The standard InChI is InChI=1S/C8H14N2.CHF3O3S/c1-4-5-8-9-6(2)7(3)10-8;2-1(3,4)8(5,6)7/h4-5H2,1-3H3,(H,9,10);(H,5,6,7). The molecule has 0 spiro atoms. The lowest BCUT2D eigenvalue weighted by molar-refractivity contribution is -0.0510. The first-order valence-corrected chi connectivity index (χ1v) is 6.48. The third-order valence-electron chi connectivity index (χ3n) is 1.96. The zero-order valence-corrected chi connectivity index (χ0v) is 11.0. The highest BCUT2D eigenvalue weighted by Gasteiger charge is 2.44. The summed E-state index contributed by atoms with van der Waals surface area (Å²) in [5.41, 5.74) is -3.21. The zero-order chi connectivity index (χ0) is 14.6. The highest BCUT2D eigenvalue weighted by atomic mass is 32.2. The van der Waals surface area contributed by atoms with Gasteiger partial charge in [0.1, 0.15) is 5.82 Å². The van der Waals surface area contributed by atoms with Crippen molar-refractivity contribution in [3.8, 4) is 0 Å². The number of nitrogens with one attached hydrogen (secondary N) is 1. The number of imidazole rings is 1. The van der Waals surface area contributed by atoms with E-state index in [9.17, 15) is 13.2 Å². The van der Waals surface area contributed by atoms with Gasteiger partial charge < -0.3 is 4.98 Å². The molecule has 0 aliphatic heterocycles. The average molecular weight is 288 g/mol. The molecule has 106 valence electrons. The third kappa shape index (κ3) is 5.50. The van der Waals surface area contributed by atoms with Crippen LogP contribution in [0.3, 0.4) is 0 Å². The van der Waals surface area contributed by atoms with E-state index < -0.39 is 15.6 Å². The summed E-state index contributed by atoms with van der Waals surface area (Å²) < 4.78 is 57.5. The Labute approximate surface area is 103 Å². The number of hydrogen-bond donors (Lipinski definition) is 2. The Morgan fingerprint density at radius 3 is 2.00 bits per heavy atom. The van der Waals surface area contributed by atoms with Gasteiger partial charge in [-0.15, -0.1) is 0 Å². The maximum atomic E-state index is 10.7. The Morgan fingerprint density at radius 2 is 1.78 bits per heavy atom. The second kappa shape index (κ2) is 6.19. The minimum absolute atomic E-state index is 1.06. The molecule has 1 rings (SSSR count). The maximum absolute atomic E-state index is 10.7. The van der Waals surface area contributed by atoms with Gasteiger partial charge in [-0.2, -0.15) is 21.6 Å². The van der Waals surface area contributed by atoms with Crippen LogP contribution in [0.2, 0.25) is 0 Å². The molecule has 0 aliphatic carbocycles. The molecular weight excluding hydrogens is 273 g/mol. The highest BCUT2D eigenvalue weighted by Crippen LogP contribution is 2.20. The van der Waals surface area contributed by atoms with Crippen molar-refractivity contribution < 1.29 is 26.1 Å². The van der Waals surface area contributed by atoms with E-state index >= 15 is 0 Å². The van der Waals surface area contributed by atoms with Crippen LogP contribution in [0, 0.1) is 13.8 Å². The molecule has 18 heavy (non-hydrogen) atoms. The smallest absolute Gasteiger partial charge is 0.346 e. The summed E-state index contributed by atoms with van der Waals surface area (Å²) in [7, 11) is -5.84. The van der Waals surface area contributed by atoms with Crippen LogP contribution in [0.15, 0.2) is 0 Å². The number of hydrogen-bond acceptors (Lipinski definition) is 3. The third-order valence-corrected chi connectivity index (χ3v) is 2.54. The Bertz CT molecular complexity index is 460. The van der Waals surface area contributed by atoms with E-state index in [1.165, 1.54) is 5.69 Å². The van der Waals surface area contributed by atoms with Gasteiger partial charge in [0.15, 0.2) is 0 Å². The van der Waals surface area contributed by atoms with Gasteiger partial charge in [0.2, 0.25) is 0 Å². The van der Waals surface area contributed by atoms with Crippen LogP contribution < -0.4 is 0 Å². The first-order chi connectivity index (χ1) is 7.99. The fourth-order valence-corrected chi connectivity index (χ4v) is 0.976. The zero-order valence-electron chi connectivity index (χ0n) is 10.2. The van der Waals surface area contributed by atoms with Crippen LogP contribution in [0.4, 0.5) is 13.2 Å². The number of aryl methyl sites for hydroxylation is 3. The average Bonchev–Trinajstić information content (AvgIpc) is 2.44. The van der Waals surface area contributed by atoms with Crippen molar-refractivity contribution in [3.63, 3.8) is 0 Å². The number of aromatic nitrogens is 2. The van der Waals surface area contributed by atoms with Crippen molar-refractivity contribution in [1.82, 2.24) is 9.97 Å². The molecule has 5 nitrogen and oxygen atoms in total. The highest BCUT2D eigenvalue weighted by molar-refractivity contribution is 7.86. The Morgan fingerprint density at radius 1 is 1.33 bits per heavy atom. The Kier molecular flexibility index (Phi) is 5.81. The number of alkyl halides is 3. The van der Waals surface area contributed by atoms with E-state index in [0.717, 1.165) is 24.4 Å². The largest absolute Gasteiger partial charge is 0.522 e. The molecule has 0 aromatic carbocycles. The number of rotatable bonds is 2. The van der Waals surface area contributed by atoms with Gasteiger partial charge in [-0.3, -0.25) is 4.55 Å². The van der Waals surface area contributed by atoms with Crippen molar-refractivity contribution in [2.24, 2.45) is 0 Å². The summed E-state index contributed by atoms with van der Waals surface area (Å²) in [4.78, 5) is 7.58. The summed E-state index contributed by atoms with van der Waals surface area (Å²) in [6.45, 7) is 6.25. The molecule has 0 aliphatic rings. The molecule has 0 atom stereocenters. The monoisotopic (exact) mass is 288 g/mol. The predicted molar refractivity (Wildman–Crippen MR) is 59.7 cm³/mol. The van der Waals surface area contributed by atoms with Crippen LogP contribution in [0.25, 0.3) is 0 Å². The van der Waals surface area contributed by atoms with Crippen molar-refractivity contribution in [3.05, 3.63) is 17.2 Å². The summed E-state index contributed by atoms with van der Waals surface area (Å²) >= 11 is 0. The Hall–Kier alpha value is -1.09. The van der Waals surface area contributed by atoms with Gasteiger partial charge in [0, 0.05) is 12.1 Å². The summed E-state index contributed by atoms with van der Waals surface area (Å²) in [5, 5.41) is 0. The molecule has 9 heteroatoms. The SMILES string of the molecule is CCCc1nc(C)c(C)[nH]1.O=S(=O)(O)C(F)(F)F. The van der Waals surface area contributed by atoms with Gasteiger partial charge in [-0.25, -0.2) is 4.98 Å². The number of nitrogens with zero attached hydrogens (tertiary/aromatic N) is 1. The summed E-state index contributed by atoms with van der Waals surface area (Å²) in [6, 6.07) is 0. The quantitative estimate of drug-likeness (QED) is 0.646. The first kappa shape index (κ1) is 16.9. The molecule has 1 heterocycles. The molecule has 0 bridgehead atoms. The summed E-state index contributed by atoms with van der Waals surface area (Å²) in [5.74, 6) is 1.12. The van der Waals surface area contributed by atoms with Crippen molar-refractivity contribution in [2.45, 2.75) is 39.1 Å². The maximum Gasteiger partial charge on any atom is 0.522 e. The van der Waals surface area contributed by atoms with Crippen molar-refractivity contribution >= 4 is 10.1 Å². The molecule has 0 amide bonds. The second-order valence-electron chi connectivity index (χ2n) is 3.56. The predicted octanol–water partition coefficient (Wildman–Crippen LogP) is 2.37. The van der Waals surface area contributed by atoms with Gasteiger partial charge in [0.25, 0.3) is 0 Å². The van der Waals surface area contributed by atoms with Crippen LogP contribution in [-0.2, 0) is 16.5 Å². The van der Waals surface area contributed by atoms with Crippen molar-refractivity contribution in [2.75, 3.05) is 0 Å². The molecule has 1 aromatic rings. The van der Waals surface area contributed by atoms with E-state index in [-0.39, 0.29) is 0 Å². The van der Waals surface area contributed by atoms with Crippen molar-refractivity contribution in [1.29, 1.82) is 0 Å². The van der Waals surface area contributed by atoms with E-state index in [4.69, 9.17) is 13.0 Å². The van der Waals surface area contributed by atoms with E-state index in [1.54, 1.807) is 0 Å². The summed E-state index contributed by atoms with van der Waals surface area (Å²) in [6.07, 6.45) is 2.22. The minimum atomic E-state index is -5.84. The lowest BCUT2D eigenvalue weighted by Gasteiger charge is -1.97. The fourth-order valence-electron chi connectivity index (χ4n) is 0.976. The Balaban J connectivity index is 0.000000331. The van der Waals surface area contributed by atoms with E-state index in [2.05, 4.69) is 23.8 Å². The molecule has 2 N–H and O–H groups in total. The molecule has 0 radical (unpaired) electrons. The van der Waals surface area contributed by atoms with Crippen LogP contribution in [0.1, 0.15) is 30.6 Å². The fraction of sp³-hybridized carbons (Fsp3) is 0.667. The van der Waals surface area contributed by atoms with Gasteiger partial charge >= 0.3 is 15.6 Å². The molecule has 1 aromatic heterocycles. The molecule has 0 saturated heterocycles. The van der Waals surface area contributed by atoms with Gasteiger partial charge in [-0.05, 0) is 20.3 Å². The molecular formula is C9H15F3N2O3S. The van der Waals surface area contributed by atoms with E-state index in [1.807, 2.05) is 6.92 Å².